The molecule has 1 fully saturated rings. The molecule has 2 rings (SSSR count). The number of pyridine rings is 1. The molecular weight excluding hydrogens is 208 g/mol. The number of hydrogen-bond donors (Lipinski definition) is 0. The van der Waals surface area contributed by atoms with E-state index in [1.165, 1.54) is 0 Å². The van der Waals surface area contributed by atoms with Gasteiger partial charge in [-0.05, 0) is 12.5 Å². The maximum absolute atomic E-state index is 11.8. The predicted molar refractivity (Wildman–Crippen MR) is 61.4 cm³/mol. The zero-order chi connectivity index (χ0) is 10.8. The van der Waals surface area contributed by atoms with Crippen molar-refractivity contribution in [3.63, 3.8) is 0 Å². The molecule has 1 amide bonds. The minimum atomic E-state index is 0.111. The molecule has 1 aliphatic rings. The Hall–Kier alpha value is -1.03. The molecule has 4 heteroatoms. The van der Waals surface area contributed by atoms with E-state index in [4.69, 9.17) is 0 Å². The highest BCUT2D eigenvalue weighted by atomic mass is 32.2. The maximum Gasteiger partial charge on any atom is 0.236 e. The molecule has 1 aromatic heterocycles. The van der Waals surface area contributed by atoms with E-state index in [1.54, 1.807) is 18.0 Å². The monoisotopic (exact) mass is 222 g/mol. The minimum absolute atomic E-state index is 0.111. The fraction of sp³-hybridized carbons (Fsp3) is 0.455. The third kappa shape index (κ3) is 1.86. The first kappa shape index (κ1) is 10.5. The second-order valence-corrected chi connectivity index (χ2v) is 4.91. The number of carbonyl (C=O) groups is 1. The summed E-state index contributed by atoms with van der Waals surface area (Å²) in [5.74, 6) is 0.233. The SMILES string of the molecule is CC[C@H]1S[C@H](c2cccnc2)N(C)C1=O. The lowest BCUT2D eigenvalue weighted by atomic mass is 10.2. The standard InChI is InChI=1S/C11H14N2OS/c1-3-9-10(14)13(2)11(15-9)8-5-4-6-12-7-8/h4-7,9,11H,3H2,1-2H3/t9-,11-/m1/s1. The molecular formula is C11H14N2OS. The third-order valence-corrected chi connectivity index (χ3v) is 4.32. The molecule has 0 radical (unpaired) electrons. The number of nitrogens with zero attached hydrogens (tertiary/aromatic N) is 2. The summed E-state index contributed by atoms with van der Waals surface area (Å²) in [6.45, 7) is 2.05. The van der Waals surface area contributed by atoms with Crippen LogP contribution in [0.25, 0.3) is 0 Å². The Kier molecular flexibility index (Phi) is 2.95. The summed E-state index contributed by atoms with van der Waals surface area (Å²) in [7, 11) is 1.86. The van der Waals surface area contributed by atoms with Gasteiger partial charge in [0, 0.05) is 25.0 Å². The van der Waals surface area contributed by atoms with E-state index >= 15 is 0 Å². The molecule has 0 aromatic carbocycles. The third-order valence-electron chi connectivity index (χ3n) is 2.61. The lowest BCUT2D eigenvalue weighted by Crippen LogP contribution is -2.26. The smallest absolute Gasteiger partial charge is 0.236 e. The van der Waals surface area contributed by atoms with Crippen LogP contribution in [0.4, 0.5) is 0 Å². The van der Waals surface area contributed by atoms with Crippen LogP contribution in [-0.4, -0.2) is 28.1 Å². The van der Waals surface area contributed by atoms with E-state index in [0.717, 1.165) is 12.0 Å². The first-order valence-corrected chi connectivity index (χ1v) is 6.00. The highest BCUT2D eigenvalue weighted by Gasteiger charge is 2.37. The first-order chi connectivity index (χ1) is 7.24. The molecule has 0 unspecified atom stereocenters. The Morgan fingerprint density at radius 3 is 2.93 bits per heavy atom. The molecule has 0 spiro atoms. The Morgan fingerprint density at radius 2 is 2.40 bits per heavy atom. The van der Waals surface area contributed by atoms with Crippen molar-refractivity contribution in [3.8, 4) is 0 Å². The second kappa shape index (κ2) is 4.23. The molecule has 2 atom stereocenters. The van der Waals surface area contributed by atoms with Gasteiger partial charge in [0.25, 0.3) is 0 Å². The average molecular weight is 222 g/mol. The first-order valence-electron chi connectivity index (χ1n) is 5.06. The molecule has 80 valence electrons. The highest BCUT2D eigenvalue weighted by Crippen LogP contribution is 2.42. The van der Waals surface area contributed by atoms with Crippen LogP contribution in [0.15, 0.2) is 24.5 Å². The fourth-order valence-electron chi connectivity index (χ4n) is 1.74. The van der Waals surface area contributed by atoms with Gasteiger partial charge in [-0.15, -0.1) is 11.8 Å². The number of aromatic nitrogens is 1. The van der Waals surface area contributed by atoms with Gasteiger partial charge in [0.2, 0.25) is 5.91 Å². The van der Waals surface area contributed by atoms with E-state index < -0.39 is 0 Å². The summed E-state index contributed by atoms with van der Waals surface area (Å²) in [6.07, 6.45) is 4.48. The van der Waals surface area contributed by atoms with Crippen molar-refractivity contribution in [1.29, 1.82) is 0 Å². The highest BCUT2D eigenvalue weighted by molar-refractivity contribution is 8.01. The van der Waals surface area contributed by atoms with E-state index in [1.807, 2.05) is 30.3 Å². The molecule has 1 aromatic rings. The Bertz CT molecular complexity index is 355. The molecule has 0 saturated carbocycles. The molecule has 1 aliphatic heterocycles. The van der Waals surface area contributed by atoms with Crippen molar-refractivity contribution in [1.82, 2.24) is 9.88 Å². The van der Waals surface area contributed by atoms with Crippen molar-refractivity contribution < 1.29 is 4.79 Å². The molecule has 0 N–H and O–H groups in total. The van der Waals surface area contributed by atoms with Crippen molar-refractivity contribution >= 4 is 17.7 Å². The number of rotatable bonds is 2. The van der Waals surface area contributed by atoms with Gasteiger partial charge >= 0.3 is 0 Å². The zero-order valence-electron chi connectivity index (χ0n) is 8.88. The van der Waals surface area contributed by atoms with E-state index in [-0.39, 0.29) is 16.5 Å². The predicted octanol–water partition coefficient (Wildman–Crippen LogP) is 2.06. The van der Waals surface area contributed by atoms with Gasteiger partial charge in [-0.2, -0.15) is 0 Å². The minimum Gasteiger partial charge on any atom is -0.329 e. The lowest BCUT2D eigenvalue weighted by Gasteiger charge is -2.18. The van der Waals surface area contributed by atoms with Gasteiger partial charge in [0.1, 0.15) is 5.37 Å². The van der Waals surface area contributed by atoms with Crippen LogP contribution < -0.4 is 0 Å². The van der Waals surface area contributed by atoms with Crippen LogP contribution in [0, 0.1) is 0 Å². The van der Waals surface area contributed by atoms with Gasteiger partial charge in [-0.3, -0.25) is 9.78 Å². The van der Waals surface area contributed by atoms with Gasteiger partial charge in [0.05, 0.1) is 5.25 Å². The van der Waals surface area contributed by atoms with Crippen molar-refractivity contribution in [2.45, 2.75) is 24.0 Å². The van der Waals surface area contributed by atoms with E-state index in [0.29, 0.717) is 0 Å². The molecule has 3 nitrogen and oxygen atoms in total. The van der Waals surface area contributed by atoms with Crippen LogP contribution in [0.5, 0.6) is 0 Å². The van der Waals surface area contributed by atoms with Gasteiger partial charge in [-0.25, -0.2) is 0 Å². The van der Waals surface area contributed by atoms with E-state index in [2.05, 4.69) is 11.9 Å². The fourth-order valence-corrected chi connectivity index (χ4v) is 3.11. The lowest BCUT2D eigenvalue weighted by molar-refractivity contribution is -0.128. The average Bonchev–Trinajstić information content (AvgIpc) is 2.57. The van der Waals surface area contributed by atoms with Crippen molar-refractivity contribution in [3.05, 3.63) is 30.1 Å². The normalized spacial score (nSPS) is 26.0. The van der Waals surface area contributed by atoms with Crippen molar-refractivity contribution in [2.24, 2.45) is 0 Å². The summed E-state index contributed by atoms with van der Waals surface area (Å²) in [5, 5.41) is 0.247. The number of carbonyl (C=O) groups excluding carboxylic acids is 1. The van der Waals surface area contributed by atoms with Crippen LogP contribution in [0.3, 0.4) is 0 Å². The summed E-state index contributed by atoms with van der Waals surface area (Å²) >= 11 is 1.72. The second-order valence-electron chi connectivity index (χ2n) is 3.62. The number of amides is 1. The van der Waals surface area contributed by atoms with Gasteiger partial charge in [0.15, 0.2) is 0 Å². The zero-order valence-corrected chi connectivity index (χ0v) is 9.70. The summed E-state index contributed by atoms with van der Waals surface area (Å²) in [4.78, 5) is 17.7. The van der Waals surface area contributed by atoms with E-state index in [9.17, 15) is 4.79 Å². The molecule has 15 heavy (non-hydrogen) atoms. The van der Waals surface area contributed by atoms with Crippen LogP contribution in [-0.2, 0) is 4.79 Å². The quantitative estimate of drug-likeness (QED) is 0.768. The number of thioether (sulfide) groups is 1. The Morgan fingerprint density at radius 1 is 1.60 bits per heavy atom. The van der Waals surface area contributed by atoms with Crippen LogP contribution in [0.1, 0.15) is 24.3 Å². The molecule has 1 saturated heterocycles. The molecule has 0 bridgehead atoms. The summed E-state index contributed by atoms with van der Waals surface area (Å²) in [5.41, 5.74) is 1.11. The topological polar surface area (TPSA) is 33.2 Å². The Balaban J connectivity index is 2.22. The van der Waals surface area contributed by atoms with Crippen LogP contribution >= 0.6 is 11.8 Å². The van der Waals surface area contributed by atoms with Crippen molar-refractivity contribution in [2.75, 3.05) is 7.05 Å². The largest absolute Gasteiger partial charge is 0.329 e. The summed E-state index contributed by atoms with van der Waals surface area (Å²) in [6, 6.07) is 3.93. The summed E-state index contributed by atoms with van der Waals surface area (Å²) < 4.78 is 0. The molecule has 2 heterocycles. The molecule has 0 aliphatic carbocycles. The maximum atomic E-state index is 11.8. The van der Waals surface area contributed by atoms with Crippen LogP contribution in [0.2, 0.25) is 0 Å². The number of hydrogen-bond acceptors (Lipinski definition) is 3. The van der Waals surface area contributed by atoms with Gasteiger partial charge in [-0.1, -0.05) is 13.0 Å². The van der Waals surface area contributed by atoms with Gasteiger partial charge < -0.3 is 4.90 Å². The Labute approximate surface area is 93.9 Å².